The van der Waals surface area contributed by atoms with E-state index in [1.807, 2.05) is 0 Å². The Balaban J connectivity index is 3.19. The van der Waals surface area contributed by atoms with Crippen molar-refractivity contribution in [2.45, 2.75) is 6.18 Å². The fraction of sp³-hybridized carbons (Fsp3) is 0.300. The molecule has 3 nitrogen and oxygen atoms in total. The lowest BCUT2D eigenvalue weighted by Gasteiger charge is -2.18. The highest BCUT2D eigenvalue weighted by molar-refractivity contribution is 5.95. The Morgan fingerprint density at radius 2 is 1.88 bits per heavy atom. The minimum absolute atomic E-state index is 0.369. The van der Waals surface area contributed by atoms with Gasteiger partial charge in [0.1, 0.15) is 0 Å². The summed E-state index contributed by atoms with van der Waals surface area (Å²) in [5.74, 6) is -0.726. The van der Waals surface area contributed by atoms with E-state index in [2.05, 4.69) is 5.43 Å². The SMILES string of the molecule is CNN(C)C(=O)c1ccccc1C(F)(F)F. The Bertz CT molecular complexity index is 390. The zero-order valence-electron chi connectivity index (χ0n) is 8.80. The Hall–Kier alpha value is -1.56. The third-order valence-electron chi connectivity index (χ3n) is 2.10. The summed E-state index contributed by atoms with van der Waals surface area (Å²) in [5.41, 5.74) is 1.16. The second-order valence-corrected chi connectivity index (χ2v) is 3.13. The topological polar surface area (TPSA) is 32.3 Å². The van der Waals surface area contributed by atoms with Crippen molar-refractivity contribution in [3.8, 4) is 0 Å². The van der Waals surface area contributed by atoms with Crippen LogP contribution < -0.4 is 5.43 Å². The second-order valence-electron chi connectivity index (χ2n) is 3.13. The molecule has 0 spiro atoms. The molecule has 0 fully saturated rings. The number of hydrogen-bond donors (Lipinski definition) is 1. The highest BCUT2D eigenvalue weighted by Gasteiger charge is 2.35. The van der Waals surface area contributed by atoms with Gasteiger partial charge in [-0.3, -0.25) is 9.80 Å². The van der Waals surface area contributed by atoms with Gasteiger partial charge in [0.15, 0.2) is 0 Å². The molecule has 0 heterocycles. The van der Waals surface area contributed by atoms with Gasteiger partial charge in [-0.05, 0) is 12.1 Å². The van der Waals surface area contributed by atoms with Crippen molar-refractivity contribution >= 4 is 5.91 Å². The van der Waals surface area contributed by atoms with Crippen LogP contribution in [0.1, 0.15) is 15.9 Å². The fourth-order valence-corrected chi connectivity index (χ4v) is 1.20. The average molecular weight is 232 g/mol. The molecule has 0 radical (unpaired) electrons. The molecule has 0 saturated heterocycles. The first-order valence-corrected chi connectivity index (χ1v) is 4.49. The third-order valence-corrected chi connectivity index (χ3v) is 2.10. The van der Waals surface area contributed by atoms with Gasteiger partial charge >= 0.3 is 6.18 Å². The van der Waals surface area contributed by atoms with Crippen molar-refractivity contribution in [1.29, 1.82) is 0 Å². The lowest BCUT2D eigenvalue weighted by Crippen LogP contribution is -2.37. The Morgan fingerprint density at radius 1 is 1.31 bits per heavy atom. The second kappa shape index (κ2) is 4.52. The normalized spacial score (nSPS) is 11.3. The van der Waals surface area contributed by atoms with Gasteiger partial charge in [-0.2, -0.15) is 13.2 Å². The van der Waals surface area contributed by atoms with E-state index in [1.54, 1.807) is 0 Å². The van der Waals surface area contributed by atoms with Gasteiger partial charge < -0.3 is 0 Å². The predicted molar refractivity (Wildman–Crippen MR) is 52.6 cm³/mol. The molecular weight excluding hydrogens is 221 g/mol. The van der Waals surface area contributed by atoms with Gasteiger partial charge in [0.25, 0.3) is 5.91 Å². The summed E-state index contributed by atoms with van der Waals surface area (Å²) in [6.45, 7) is 0. The molecule has 1 rings (SSSR count). The van der Waals surface area contributed by atoms with Crippen molar-refractivity contribution in [1.82, 2.24) is 10.4 Å². The van der Waals surface area contributed by atoms with E-state index in [9.17, 15) is 18.0 Å². The summed E-state index contributed by atoms with van der Waals surface area (Å²) in [6, 6.07) is 4.68. The molecule has 1 aromatic carbocycles. The number of benzene rings is 1. The smallest absolute Gasteiger partial charge is 0.277 e. The van der Waals surface area contributed by atoms with E-state index >= 15 is 0 Å². The highest BCUT2D eigenvalue weighted by Crippen LogP contribution is 2.32. The number of rotatable bonds is 2. The number of hydrogen-bond acceptors (Lipinski definition) is 2. The van der Waals surface area contributed by atoms with Crippen molar-refractivity contribution in [2.75, 3.05) is 14.1 Å². The Kier molecular flexibility index (Phi) is 3.54. The zero-order valence-corrected chi connectivity index (χ0v) is 8.80. The fourth-order valence-electron chi connectivity index (χ4n) is 1.20. The first-order valence-electron chi connectivity index (χ1n) is 4.49. The van der Waals surface area contributed by atoms with Crippen LogP contribution in [0.5, 0.6) is 0 Å². The number of nitrogens with one attached hydrogen (secondary N) is 1. The van der Waals surface area contributed by atoms with Crippen molar-refractivity contribution < 1.29 is 18.0 Å². The van der Waals surface area contributed by atoms with Gasteiger partial charge in [-0.15, -0.1) is 0 Å². The minimum atomic E-state index is -4.53. The summed E-state index contributed by atoms with van der Waals surface area (Å²) < 4.78 is 37.8. The molecule has 0 bridgehead atoms. The summed E-state index contributed by atoms with van der Waals surface area (Å²) in [7, 11) is 2.81. The van der Waals surface area contributed by atoms with Crippen LogP contribution in [0, 0.1) is 0 Å². The molecule has 0 unspecified atom stereocenters. The highest BCUT2D eigenvalue weighted by atomic mass is 19.4. The van der Waals surface area contributed by atoms with Crippen LogP contribution >= 0.6 is 0 Å². The lowest BCUT2D eigenvalue weighted by molar-refractivity contribution is -0.138. The van der Waals surface area contributed by atoms with E-state index in [1.165, 1.54) is 26.2 Å². The summed E-state index contributed by atoms with van der Waals surface area (Å²) in [4.78, 5) is 11.6. The lowest BCUT2D eigenvalue weighted by atomic mass is 10.1. The number of carbonyl (C=O) groups excluding carboxylic acids is 1. The van der Waals surface area contributed by atoms with Gasteiger partial charge in [-0.1, -0.05) is 12.1 Å². The molecular formula is C10H11F3N2O. The van der Waals surface area contributed by atoms with Gasteiger partial charge in [-0.25, -0.2) is 5.43 Å². The van der Waals surface area contributed by atoms with E-state index in [0.717, 1.165) is 17.1 Å². The van der Waals surface area contributed by atoms with E-state index in [0.29, 0.717) is 0 Å². The van der Waals surface area contributed by atoms with Gasteiger partial charge in [0, 0.05) is 14.1 Å². The third kappa shape index (κ3) is 2.52. The number of hydrazine groups is 1. The quantitative estimate of drug-likeness (QED) is 0.790. The summed E-state index contributed by atoms with van der Waals surface area (Å²) in [6.07, 6.45) is -4.53. The maximum Gasteiger partial charge on any atom is 0.417 e. The molecule has 0 aliphatic rings. The number of alkyl halides is 3. The summed E-state index contributed by atoms with van der Waals surface area (Å²) >= 11 is 0. The molecule has 6 heteroatoms. The maximum absolute atomic E-state index is 12.6. The van der Waals surface area contributed by atoms with Crippen molar-refractivity contribution in [3.63, 3.8) is 0 Å². The predicted octanol–water partition coefficient (Wildman–Crippen LogP) is 1.91. The largest absolute Gasteiger partial charge is 0.417 e. The molecule has 88 valence electrons. The molecule has 16 heavy (non-hydrogen) atoms. The van der Waals surface area contributed by atoms with Crippen LogP contribution in [-0.4, -0.2) is 25.0 Å². The summed E-state index contributed by atoms with van der Waals surface area (Å²) in [5, 5.41) is 0.991. The zero-order chi connectivity index (χ0) is 12.3. The number of carbonyl (C=O) groups is 1. The van der Waals surface area contributed by atoms with Crippen LogP contribution in [0.15, 0.2) is 24.3 Å². The molecule has 1 aromatic rings. The van der Waals surface area contributed by atoms with Gasteiger partial charge in [0.05, 0.1) is 11.1 Å². The number of amides is 1. The maximum atomic E-state index is 12.6. The number of nitrogens with zero attached hydrogens (tertiary/aromatic N) is 1. The molecule has 0 aliphatic carbocycles. The van der Waals surface area contributed by atoms with Crippen LogP contribution in [0.4, 0.5) is 13.2 Å². The first-order chi connectivity index (χ1) is 7.38. The minimum Gasteiger partial charge on any atom is -0.277 e. The molecule has 0 aromatic heterocycles. The monoisotopic (exact) mass is 232 g/mol. The van der Waals surface area contributed by atoms with E-state index < -0.39 is 17.6 Å². The molecule has 0 aliphatic heterocycles. The van der Waals surface area contributed by atoms with Gasteiger partial charge in [0.2, 0.25) is 0 Å². The van der Waals surface area contributed by atoms with Crippen molar-refractivity contribution in [2.24, 2.45) is 0 Å². The van der Waals surface area contributed by atoms with Crippen LogP contribution in [0.25, 0.3) is 0 Å². The van der Waals surface area contributed by atoms with E-state index in [-0.39, 0.29) is 5.56 Å². The standard InChI is InChI=1S/C10H11F3N2O/c1-14-15(2)9(16)7-5-3-4-6-8(7)10(11,12)13/h3-6,14H,1-2H3. The average Bonchev–Trinajstić information content (AvgIpc) is 2.26. The first kappa shape index (κ1) is 12.5. The molecule has 1 amide bonds. The number of halogens is 3. The van der Waals surface area contributed by atoms with Crippen molar-refractivity contribution in [3.05, 3.63) is 35.4 Å². The van der Waals surface area contributed by atoms with E-state index in [4.69, 9.17) is 0 Å². The molecule has 0 saturated carbocycles. The van der Waals surface area contributed by atoms with Crippen LogP contribution in [-0.2, 0) is 6.18 Å². The molecule has 1 N–H and O–H groups in total. The van der Waals surface area contributed by atoms with Crippen LogP contribution in [0.2, 0.25) is 0 Å². The van der Waals surface area contributed by atoms with Crippen LogP contribution in [0.3, 0.4) is 0 Å². The molecule has 0 atom stereocenters. The Morgan fingerprint density at radius 3 is 2.38 bits per heavy atom. The Labute approximate surface area is 90.8 Å².